The maximum Gasteiger partial charge on any atom is 0.275 e. The first-order chi connectivity index (χ1) is 9.84. The summed E-state index contributed by atoms with van der Waals surface area (Å²) in [6, 6.07) is 1.57. The lowest BCUT2D eigenvalue weighted by atomic mass is 9.93. The number of fused-ring (bicyclic) bond motifs is 1. The van der Waals surface area contributed by atoms with E-state index in [2.05, 4.69) is 28.8 Å². The average molecular weight is 309 g/mol. The van der Waals surface area contributed by atoms with Crippen LogP contribution in [0.1, 0.15) is 31.5 Å². The van der Waals surface area contributed by atoms with Crippen LogP contribution < -0.4 is 11.3 Å². The van der Waals surface area contributed by atoms with Gasteiger partial charge in [-0.2, -0.15) is 9.61 Å². The Morgan fingerprint density at radius 3 is 2.81 bits per heavy atom. The predicted octanol–water partition coefficient (Wildman–Crippen LogP) is 1.13. The highest BCUT2D eigenvalue weighted by Crippen LogP contribution is 2.16. The Morgan fingerprint density at radius 1 is 1.48 bits per heavy atom. The third-order valence-corrected chi connectivity index (χ3v) is 4.38. The van der Waals surface area contributed by atoms with Gasteiger partial charge in [0.15, 0.2) is 0 Å². The van der Waals surface area contributed by atoms with Gasteiger partial charge in [-0.15, -0.1) is 0 Å². The summed E-state index contributed by atoms with van der Waals surface area (Å²) >= 11 is 1.47. The summed E-state index contributed by atoms with van der Waals surface area (Å²) in [7, 11) is 2.02. The van der Waals surface area contributed by atoms with Crippen molar-refractivity contribution < 1.29 is 0 Å². The molecule has 116 valence electrons. The molecule has 2 rings (SSSR count). The molecule has 21 heavy (non-hydrogen) atoms. The van der Waals surface area contributed by atoms with E-state index in [9.17, 15) is 4.79 Å². The number of hydrogen-bond acceptors (Lipinski definition) is 6. The molecule has 0 spiro atoms. The number of hydrogen-bond donors (Lipinski definition) is 1. The number of aryl methyl sites for hydroxylation is 1. The molecule has 0 aliphatic rings. The van der Waals surface area contributed by atoms with Crippen molar-refractivity contribution in [1.82, 2.24) is 19.5 Å². The Hall–Kier alpha value is -1.31. The second kappa shape index (κ2) is 6.21. The summed E-state index contributed by atoms with van der Waals surface area (Å²) in [5.41, 5.74) is 6.48. The molecule has 0 radical (unpaired) electrons. The smallest absolute Gasteiger partial charge is 0.275 e. The van der Waals surface area contributed by atoms with E-state index >= 15 is 0 Å². The van der Waals surface area contributed by atoms with Crippen molar-refractivity contribution in [2.45, 2.75) is 33.7 Å². The van der Waals surface area contributed by atoms with Crippen molar-refractivity contribution in [2.24, 2.45) is 11.1 Å². The molecule has 2 N–H and O–H groups in total. The van der Waals surface area contributed by atoms with E-state index in [4.69, 9.17) is 5.73 Å². The van der Waals surface area contributed by atoms with E-state index in [0.717, 1.165) is 23.7 Å². The zero-order valence-corrected chi connectivity index (χ0v) is 13.9. The Bertz CT molecular complexity index is 676. The molecule has 0 atom stereocenters. The van der Waals surface area contributed by atoms with E-state index in [1.807, 2.05) is 14.0 Å². The molecule has 0 amide bonds. The SMILES string of the molecule is CCc1nn2c(=O)cc(CN(C)CC(C)(C)CN)nc2s1. The summed E-state index contributed by atoms with van der Waals surface area (Å²) < 4.78 is 1.39. The summed E-state index contributed by atoms with van der Waals surface area (Å²) in [4.78, 5) is 19.4. The third-order valence-electron chi connectivity index (χ3n) is 3.32. The first-order valence-electron chi connectivity index (χ1n) is 7.12. The lowest BCUT2D eigenvalue weighted by molar-refractivity contribution is 0.208. The minimum absolute atomic E-state index is 0.0494. The summed E-state index contributed by atoms with van der Waals surface area (Å²) in [5.74, 6) is 0. The van der Waals surface area contributed by atoms with E-state index in [1.165, 1.54) is 15.9 Å². The van der Waals surface area contributed by atoms with Gasteiger partial charge in [0.25, 0.3) is 5.56 Å². The predicted molar refractivity (Wildman–Crippen MR) is 85.7 cm³/mol. The Morgan fingerprint density at radius 2 is 2.19 bits per heavy atom. The maximum absolute atomic E-state index is 12.1. The lowest BCUT2D eigenvalue weighted by Crippen LogP contribution is -2.36. The molecular formula is C14H23N5OS. The molecule has 7 heteroatoms. The van der Waals surface area contributed by atoms with Gasteiger partial charge in [-0.1, -0.05) is 32.1 Å². The molecule has 2 heterocycles. The fourth-order valence-corrected chi connectivity index (χ4v) is 3.11. The van der Waals surface area contributed by atoms with Crippen LogP contribution in [-0.2, 0) is 13.0 Å². The number of nitrogens with zero attached hydrogens (tertiary/aromatic N) is 4. The van der Waals surface area contributed by atoms with Crippen LogP contribution in [0.15, 0.2) is 10.9 Å². The van der Waals surface area contributed by atoms with Gasteiger partial charge in [0, 0.05) is 19.2 Å². The second-order valence-corrected chi connectivity index (χ2v) is 7.21. The normalized spacial score (nSPS) is 12.5. The average Bonchev–Trinajstić information content (AvgIpc) is 2.81. The molecule has 0 aromatic carbocycles. The molecule has 0 fully saturated rings. The van der Waals surface area contributed by atoms with Crippen LogP contribution in [0.2, 0.25) is 0 Å². The number of nitrogens with two attached hydrogens (primary N) is 1. The van der Waals surface area contributed by atoms with Gasteiger partial charge in [0.1, 0.15) is 5.01 Å². The molecule has 2 aromatic heterocycles. The largest absolute Gasteiger partial charge is 0.330 e. The van der Waals surface area contributed by atoms with E-state index < -0.39 is 0 Å². The van der Waals surface area contributed by atoms with Gasteiger partial charge in [0.2, 0.25) is 4.96 Å². The highest BCUT2D eigenvalue weighted by molar-refractivity contribution is 7.16. The van der Waals surface area contributed by atoms with Crippen molar-refractivity contribution in [1.29, 1.82) is 0 Å². The fourth-order valence-electron chi connectivity index (χ4n) is 2.25. The minimum atomic E-state index is -0.113. The molecular weight excluding hydrogens is 286 g/mol. The maximum atomic E-state index is 12.1. The van der Waals surface area contributed by atoms with Crippen molar-refractivity contribution in [3.63, 3.8) is 0 Å². The minimum Gasteiger partial charge on any atom is -0.330 e. The Labute approximate surface area is 128 Å². The molecule has 0 unspecified atom stereocenters. The van der Waals surface area contributed by atoms with E-state index in [0.29, 0.717) is 18.1 Å². The van der Waals surface area contributed by atoms with E-state index in [1.54, 1.807) is 6.07 Å². The zero-order chi connectivity index (χ0) is 15.6. The van der Waals surface area contributed by atoms with Crippen LogP contribution in [0, 0.1) is 5.41 Å². The van der Waals surface area contributed by atoms with Crippen molar-refractivity contribution in [2.75, 3.05) is 20.1 Å². The lowest BCUT2D eigenvalue weighted by Gasteiger charge is -2.28. The van der Waals surface area contributed by atoms with E-state index in [-0.39, 0.29) is 11.0 Å². The summed E-state index contributed by atoms with van der Waals surface area (Å²) in [6.45, 7) is 8.40. The summed E-state index contributed by atoms with van der Waals surface area (Å²) in [5, 5.41) is 5.18. The Balaban J connectivity index is 2.21. The molecule has 2 aromatic rings. The first-order valence-corrected chi connectivity index (χ1v) is 7.93. The number of aromatic nitrogens is 3. The van der Waals surface area contributed by atoms with Crippen LogP contribution in [0.3, 0.4) is 0 Å². The second-order valence-electron chi connectivity index (χ2n) is 6.17. The van der Waals surface area contributed by atoms with Gasteiger partial charge in [-0.05, 0) is 25.4 Å². The summed E-state index contributed by atoms with van der Waals surface area (Å²) in [6.07, 6.45) is 0.813. The van der Waals surface area contributed by atoms with Crippen LogP contribution in [0.4, 0.5) is 0 Å². The van der Waals surface area contributed by atoms with Crippen LogP contribution in [0.25, 0.3) is 4.96 Å². The zero-order valence-electron chi connectivity index (χ0n) is 13.1. The van der Waals surface area contributed by atoms with Crippen LogP contribution in [0.5, 0.6) is 0 Å². The quantitative estimate of drug-likeness (QED) is 0.865. The molecule has 0 aliphatic carbocycles. The van der Waals surface area contributed by atoms with Gasteiger partial charge < -0.3 is 5.73 Å². The van der Waals surface area contributed by atoms with Gasteiger partial charge >= 0.3 is 0 Å². The number of rotatable bonds is 6. The standard InChI is InChI=1S/C14H23N5OS/c1-5-11-17-19-12(20)6-10(16-13(19)21-11)7-18(4)9-14(2,3)8-15/h6H,5,7-9,15H2,1-4H3. The van der Waals surface area contributed by atoms with Crippen LogP contribution in [-0.4, -0.2) is 39.6 Å². The van der Waals surface area contributed by atoms with Gasteiger partial charge in [0.05, 0.1) is 5.69 Å². The van der Waals surface area contributed by atoms with Crippen LogP contribution >= 0.6 is 11.3 Å². The highest BCUT2D eigenvalue weighted by atomic mass is 32.1. The van der Waals surface area contributed by atoms with Gasteiger partial charge in [-0.3, -0.25) is 9.69 Å². The van der Waals surface area contributed by atoms with Crippen molar-refractivity contribution in [3.8, 4) is 0 Å². The molecule has 0 saturated carbocycles. The molecule has 0 bridgehead atoms. The van der Waals surface area contributed by atoms with Gasteiger partial charge in [-0.25, -0.2) is 4.98 Å². The van der Waals surface area contributed by atoms with Crippen molar-refractivity contribution in [3.05, 3.63) is 27.1 Å². The van der Waals surface area contributed by atoms with Crippen molar-refractivity contribution >= 4 is 16.3 Å². The monoisotopic (exact) mass is 309 g/mol. The molecule has 0 saturated heterocycles. The Kier molecular flexibility index (Phi) is 4.75. The molecule has 6 nitrogen and oxygen atoms in total. The topological polar surface area (TPSA) is 76.5 Å². The molecule has 0 aliphatic heterocycles. The first kappa shape index (κ1) is 16.1. The third kappa shape index (κ3) is 3.87. The fraction of sp³-hybridized carbons (Fsp3) is 0.643. The highest BCUT2D eigenvalue weighted by Gasteiger charge is 2.19.